The Morgan fingerprint density at radius 1 is 1.56 bits per heavy atom. The second-order valence-electron chi connectivity index (χ2n) is 2.16. The molecule has 0 fully saturated rings. The molecule has 0 aliphatic heterocycles. The van der Waals surface area contributed by atoms with E-state index in [1.807, 2.05) is 13.8 Å². The summed E-state index contributed by atoms with van der Waals surface area (Å²) in [5.74, 6) is 0. The minimum atomic E-state index is -0.384. The van der Waals surface area contributed by atoms with Gasteiger partial charge in [0.05, 0.1) is 6.21 Å². The molecule has 0 rings (SSSR count). The van der Waals surface area contributed by atoms with Crippen LogP contribution in [0.3, 0.4) is 0 Å². The molecule has 0 aromatic rings. The van der Waals surface area contributed by atoms with Crippen LogP contribution in [0.25, 0.3) is 0 Å². The molecule has 0 aliphatic rings. The van der Waals surface area contributed by atoms with E-state index in [0.717, 1.165) is 0 Å². The van der Waals surface area contributed by atoms with Gasteiger partial charge in [-0.05, 0) is 13.8 Å². The van der Waals surface area contributed by atoms with Gasteiger partial charge in [0.25, 0.3) is 0 Å². The van der Waals surface area contributed by atoms with Gasteiger partial charge in [-0.15, -0.1) is 0 Å². The highest BCUT2D eigenvalue weighted by atomic mass is 32.1. The smallest absolute Gasteiger partial charge is 0.106 e. The number of nitrogens with zero attached hydrogens (tertiary/aromatic N) is 2. The van der Waals surface area contributed by atoms with E-state index < -0.39 is 0 Å². The number of hydrogen-bond acceptors (Lipinski definition) is 4. The van der Waals surface area contributed by atoms with Crippen LogP contribution in [-0.2, 0) is 17.3 Å². The molecule has 0 N–H and O–H groups in total. The standard InChI is InChI=1S/C5H10N2OS/c1-5(2,7-9)4-6-8-3/h4H,1-3H3/b6-4-. The first kappa shape index (κ1) is 8.49. The molecule has 0 amide bonds. The van der Waals surface area contributed by atoms with Gasteiger partial charge in [-0.25, -0.2) is 4.36 Å². The fraction of sp³-hybridized carbons (Fsp3) is 0.800. The molecule has 9 heavy (non-hydrogen) atoms. The van der Waals surface area contributed by atoms with Crippen molar-refractivity contribution < 1.29 is 4.84 Å². The zero-order chi connectivity index (χ0) is 7.33. The van der Waals surface area contributed by atoms with Crippen molar-refractivity contribution in [2.75, 3.05) is 7.11 Å². The van der Waals surface area contributed by atoms with Crippen molar-refractivity contribution in [2.45, 2.75) is 19.4 Å². The molecule has 3 nitrogen and oxygen atoms in total. The molecule has 52 valence electrons. The van der Waals surface area contributed by atoms with Crippen molar-refractivity contribution in [3.8, 4) is 0 Å². The maximum Gasteiger partial charge on any atom is 0.106 e. The first-order chi connectivity index (χ1) is 4.12. The van der Waals surface area contributed by atoms with E-state index in [4.69, 9.17) is 0 Å². The third kappa shape index (κ3) is 4.02. The molecule has 0 atom stereocenters. The summed E-state index contributed by atoms with van der Waals surface area (Å²) in [6, 6.07) is 0. The van der Waals surface area contributed by atoms with E-state index in [1.165, 1.54) is 7.11 Å². The summed E-state index contributed by atoms with van der Waals surface area (Å²) >= 11 is 4.48. The molecule has 0 saturated carbocycles. The van der Waals surface area contributed by atoms with Crippen LogP contribution in [0.15, 0.2) is 9.52 Å². The number of rotatable bonds is 3. The molecule has 0 aromatic carbocycles. The fourth-order valence-corrected chi connectivity index (χ4v) is 0.252. The average Bonchev–Trinajstić information content (AvgIpc) is 1.84. The van der Waals surface area contributed by atoms with Crippen molar-refractivity contribution in [3.05, 3.63) is 0 Å². The van der Waals surface area contributed by atoms with E-state index in [2.05, 4.69) is 26.8 Å². The van der Waals surface area contributed by atoms with Crippen LogP contribution >= 0.6 is 0 Å². The molecular formula is C5H10N2OS. The van der Waals surface area contributed by atoms with Crippen LogP contribution < -0.4 is 0 Å². The minimum absolute atomic E-state index is 0.384. The molecule has 4 heteroatoms. The largest absolute Gasteiger partial charge is 0.399 e. The Morgan fingerprint density at radius 2 is 2.11 bits per heavy atom. The summed E-state index contributed by atoms with van der Waals surface area (Å²) in [5.41, 5.74) is -0.384. The van der Waals surface area contributed by atoms with E-state index in [0.29, 0.717) is 0 Å². The normalized spacial score (nSPS) is 11.9. The van der Waals surface area contributed by atoms with Crippen molar-refractivity contribution in [1.82, 2.24) is 0 Å². The molecule has 0 radical (unpaired) electrons. The van der Waals surface area contributed by atoms with Crippen molar-refractivity contribution in [2.24, 2.45) is 9.52 Å². The van der Waals surface area contributed by atoms with Crippen LogP contribution in [0, 0.1) is 0 Å². The Bertz CT molecular complexity index is 122. The van der Waals surface area contributed by atoms with Gasteiger partial charge in [0.15, 0.2) is 0 Å². The van der Waals surface area contributed by atoms with Gasteiger partial charge in [-0.2, -0.15) is 0 Å². The highest BCUT2D eigenvalue weighted by molar-refractivity contribution is 7.47. The molecule has 0 aliphatic carbocycles. The van der Waals surface area contributed by atoms with Gasteiger partial charge in [-0.3, -0.25) is 0 Å². The quantitative estimate of drug-likeness (QED) is 0.442. The Labute approximate surface area is 60.3 Å². The first-order valence-electron chi connectivity index (χ1n) is 2.54. The molecule has 0 unspecified atom stereocenters. The van der Waals surface area contributed by atoms with Crippen molar-refractivity contribution in [3.63, 3.8) is 0 Å². The lowest BCUT2D eigenvalue weighted by Crippen LogP contribution is -2.17. The summed E-state index contributed by atoms with van der Waals surface area (Å²) in [6.45, 7) is 3.70. The lowest BCUT2D eigenvalue weighted by atomic mass is 10.1. The van der Waals surface area contributed by atoms with E-state index in [9.17, 15) is 0 Å². The fourth-order valence-electron chi connectivity index (χ4n) is 0.205. The van der Waals surface area contributed by atoms with E-state index in [1.54, 1.807) is 6.21 Å². The molecule has 0 spiro atoms. The van der Waals surface area contributed by atoms with Gasteiger partial charge >= 0.3 is 0 Å². The first-order valence-corrected chi connectivity index (χ1v) is 2.91. The monoisotopic (exact) mass is 146 g/mol. The Hall–Kier alpha value is -0.510. The molecule has 0 saturated heterocycles. The summed E-state index contributed by atoms with van der Waals surface area (Å²) in [4.78, 5) is 4.44. The van der Waals surface area contributed by atoms with Gasteiger partial charge in [-0.1, -0.05) is 5.16 Å². The van der Waals surface area contributed by atoms with E-state index >= 15 is 0 Å². The number of oxime groups is 1. The molecule has 0 heterocycles. The maximum absolute atomic E-state index is 4.48. The lowest BCUT2D eigenvalue weighted by Gasteiger charge is -2.07. The predicted octanol–water partition coefficient (Wildman–Crippen LogP) is 1.13. The minimum Gasteiger partial charge on any atom is -0.399 e. The van der Waals surface area contributed by atoms with Crippen molar-refractivity contribution >= 4 is 18.6 Å². The van der Waals surface area contributed by atoms with Crippen LogP contribution in [0.5, 0.6) is 0 Å². The van der Waals surface area contributed by atoms with Gasteiger partial charge in [0.1, 0.15) is 12.6 Å². The van der Waals surface area contributed by atoms with Crippen LogP contribution in [0.1, 0.15) is 13.8 Å². The van der Waals surface area contributed by atoms with Crippen LogP contribution in [0.4, 0.5) is 0 Å². The number of hydrogen-bond donors (Lipinski definition) is 0. The van der Waals surface area contributed by atoms with Gasteiger partial charge in [0, 0.05) is 12.4 Å². The summed E-state index contributed by atoms with van der Waals surface area (Å²) in [6.07, 6.45) is 1.56. The lowest BCUT2D eigenvalue weighted by molar-refractivity contribution is 0.213. The zero-order valence-electron chi connectivity index (χ0n) is 5.79. The Kier molecular flexibility index (Phi) is 3.30. The molecular weight excluding hydrogens is 136 g/mol. The third-order valence-electron chi connectivity index (χ3n) is 0.709. The Morgan fingerprint density at radius 3 is 2.44 bits per heavy atom. The van der Waals surface area contributed by atoms with Crippen molar-refractivity contribution in [1.29, 1.82) is 0 Å². The third-order valence-corrected chi connectivity index (χ3v) is 1.18. The molecule has 0 aromatic heterocycles. The zero-order valence-corrected chi connectivity index (χ0v) is 6.60. The molecule has 0 bridgehead atoms. The van der Waals surface area contributed by atoms with Gasteiger partial charge < -0.3 is 4.84 Å². The second-order valence-corrected chi connectivity index (χ2v) is 2.34. The average molecular weight is 146 g/mol. The van der Waals surface area contributed by atoms with Crippen LogP contribution in [0.2, 0.25) is 0 Å². The topological polar surface area (TPSA) is 34.0 Å². The second kappa shape index (κ2) is 3.50. The highest BCUT2D eigenvalue weighted by Gasteiger charge is 2.11. The summed E-state index contributed by atoms with van der Waals surface area (Å²) < 4.78 is 3.61. The van der Waals surface area contributed by atoms with Crippen LogP contribution in [-0.4, -0.2) is 18.9 Å². The van der Waals surface area contributed by atoms with Gasteiger partial charge in [0.2, 0.25) is 0 Å². The van der Waals surface area contributed by atoms with E-state index in [-0.39, 0.29) is 5.54 Å². The summed E-state index contributed by atoms with van der Waals surface area (Å²) in [7, 11) is 1.48. The maximum atomic E-state index is 4.48. The highest BCUT2D eigenvalue weighted by Crippen LogP contribution is 2.02. The Balaban J connectivity index is 3.84. The predicted molar refractivity (Wildman–Crippen MR) is 39.4 cm³/mol. The SMILES string of the molecule is CO/N=C\C(C)(C)N=S. The summed E-state index contributed by atoms with van der Waals surface area (Å²) in [5, 5.41) is 3.53.